The number of anilines is 1. The summed E-state index contributed by atoms with van der Waals surface area (Å²) < 4.78 is 1.04. The molecule has 7 nitrogen and oxygen atoms in total. The lowest BCUT2D eigenvalue weighted by molar-refractivity contribution is -0.137. The molecule has 1 aromatic heterocycles. The summed E-state index contributed by atoms with van der Waals surface area (Å²) in [6.07, 6.45) is 0. The van der Waals surface area contributed by atoms with E-state index in [9.17, 15) is 14.4 Å². The van der Waals surface area contributed by atoms with Gasteiger partial charge in [-0.25, -0.2) is 4.98 Å². The van der Waals surface area contributed by atoms with E-state index in [0.29, 0.717) is 5.56 Å². The highest BCUT2D eigenvalue weighted by Crippen LogP contribution is 2.17. The minimum Gasteiger partial charge on any atom is -0.480 e. The van der Waals surface area contributed by atoms with Gasteiger partial charge in [-0.3, -0.25) is 19.0 Å². The van der Waals surface area contributed by atoms with E-state index in [1.807, 2.05) is 0 Å². The number of benzene rings is 1. The number of hydrogen-bond acceptors (Lipinski definition) is 4. The second kappa shape index (κ2) is 6.00. The van der Waals surface area contributed by atoms with Crippen molar-refractivity contribution in [1.29, 1.82) is 0 Å². The molecule has 0 atom stereocenters. The lowest BCUT2D eigenvalue weighted by Crippen LogP contribution is -2.27. The van der Waals surface area contributed by atoms with Crippen LogP contribution in [0.15, 0.2) is 41.2 Å². The Morgan fingerprint density at radius 2 is 1.95 bits per heavy atom. The van der Waals surface area contributed by atoms with Crippen LogP contribution in [0.2, 0.25) is 0 Å². The number of rotatable bonds is 4. The average Bonchev–Trinajstić information content (AvgIpc) is 2.41. The Morgan fingerprint density at radius 1 is 1.29 bits per heavy atom. The average molecular weight is 287 g/mol. The van der Waals surface area contributed by atoms with Crippen LogP contribution in [0.25, 0.3) is 11.4 Å². The Kier molecular flexibility index (Phi) is 4.13. The summed E-state index contributed by atoms with van der Waals surface area (Å²) >= 11 is 0. The minimum atomic E-state index is -1.15. The number of aliphatic carboxylic acids is 1. The van der Waals surface area contributed by atoms with Gasteiger partial charge in [-0.2, -0.15) is 0 Å². The van der Waals surface area contributed by atoms with Gasteiger partial charge in [0.2, 0.25) is 5.91 Å². The highest BCUT2D eigenvalue weighted by Gasteiger charge is 2.13. The Labute approximate surface area is 119 Å². The smallest absolute Gasteiger partial charge is 0.323 e. The number of carboxylic acid groups (broad SMARTS) is 1. The fourth-order valence-corrected chi connectivity index (χ4v) is 1.85. The summed E-state index contributed by atoms with van der Waals surface area (Å²) in [4.78, 5) is 38.2. The molecule has 0 bridgehead atoms. The lowest BCUT2D eigenvalue weighted by atomic mass is 10.2. The number of aromatic nitrogens is 2. The third-order valence-corrected chi connectivity index (χ3v) is 2.64. The highest BCUT2D eigenvalue weighted by atomic mass is 16.4. The summed E-state index contributed by atoms with van der Waals surface area (Å²) in [5.74, 6) is -1.23. The molecule has 0 saturated carbocycles. The van der Waals surface area contributed by atoms with Crippen LogP contribution in [0, 0.1) is 0 Å². The summed E-state index contributed by atoms with van der Waals surface area (Å²) in [6.45, 7) is 0.795. The van der Waals surface area contributed by atoms with Crippen LogP contribution in [0.3, 0.4) is 0 Å². The van der Waals surface area contributed by atoms with Gasteiger partial charge in [-0.05, 0) is 0 Å². The zero-order valence-corrected chi connectivity index (χ0v) is 11.2. The number of carboxylic acids is 1. The Morgan fingerprint density at radius 3 is 2.52 bits per heavy atom. The van der Waals surface area contributed by atoms with Crippen molar-refractivity contribution >= 4 is 17.7 Å². The first kappa shape index (κ1) is 14.4. The fraction of sp³-hybridized carbons (Fsp3) is 0.143. The Bertz CT molecular complexity index is 738. The summed E-state index contributed by atoms with van der Waals surface area (Å²) in [7, 11) is 0. The molecule has 2 N–H and O–H groups in total. The molecule has 0 fully saturated rings. The maximum Gasteiger partial charge on any atom is 0.323 e. The largest absolute Gasteiger partial charge is 0.480 e. The fourth-order valence-electron chi connectivity index (χ4n) is 1.85. The van der Waals surface area contributed by atoms with Crippen molar-refractivity contribution in [2.75, 3.05) is 5.32 Å². The van der Waals surface area contributed by atoms with E-state index in [-0.39, 0.29) is 17.5 Å². The molecule has 1 aromatic carbocycles. The maximum absolute atomic E-state index is 12.1. The molecule has 0 saturated heterocycles. The molecule has 0 aliphatic carbocycles. The predicted octanol–water partition coefficient (Wildman–Crippen LogP) is 0.953. The number of amides is 1. The van der Waals surface area contributed by atoms with Crippen LogP contribution in [0.5, 0.6) is 0 Å². The molecular formula is C14H13N3O4. The van der Waals surface area contributed by atoms with Crippen LogP contribution >= 0.6 is 0 Å². The SMILES string of the molecule is CC(=O)Nc1cc(=O)n(CC(=O)O)c(-c2ccccc2)n1. The number of hydrogen-bond donors (Lipinski definition) is 2. The summed E-state index contributed by atoms with van der Waals surface area (Å²) in [5, 5.41) is 11.3. The standard InChI is InChI=1S/C14H13N3O4/c1-9(18)15-11-7-12(19)17(8-13(20)21)14(16-11)10-5-3-2-4-6-10/h2-7H,8H2,1H3,(H,15,18)(H,20,21). The first-order chi connectivity index (χ1) is 9.97. The van der Waals surface area contributed by atoms with Gasteiger partial charge in [0, 0.05) is 18.6 Å². The van der Waals surface area contributed by atoms with E-state index in [0.717, 1.165) is 10.6 Å². The number of nitrogens with zero attached hydrogens (tertiary/aromatic N) is 2. The van der Waals surface area contributed by atoms with Gasteiger partial charge in [-0.1, -0.05) is 30.3 Å². The van der Waals surface area contributed by atoms with Crippen molar-refractivity contribution < 1.29 is 14.7 Å². The first-order valence-corrected chi connectivity index (χ1v) is 6.14. The number of nitrogens with one attached hydrogen (secondary N) is 1. The Hall–Kier alpha value is -2.96. The normalized spacial score (nSPS) is 10.1. The quantitative estimate of drug-likeness (QED) is 0.872. The molecule has 0 aliphatic heterocycles. The van der Waals surface area contributed by atoms with Crippen molar-refractivity contribution in [3.63, 3.8) is 0 Å². The first-order valence-electron chi connectivity index (χ1n) is 6.14. The van der Waals surface area contributed by atoms with Crippen LogP contribution in [-0.2, 0) is 16.1 Å². The molecule has 2 aromatic rings. The van der Waals surface area contributed by atoms with Crippen LogP contribution < -0.4 is 10.9 Å². The molecule has 0 radical (unpaired) electrons. The van der Waals surface area contributed by atoms with Gasteiger partial charge < -0.3 is 10.4 Å². The second-order valence-corrected chi connectivity index (χ2v) is 4.33. The third-order valence-electron chi connectivity index (χ3n) is 2.64. The summed E-state index contributed by atoms with van der Waals surface area (Å²) in [5.41, 5.74) is 0.0399. The molecule has 21 heavy (non-hydrogen) atoms. The summed E-state index contributed by atoms with van der Waals surface area (Å²) in [6, 6.07) is 9.79. The monoisotopic (exact) mass is 287 g/mol. The molecule has 7 heteroatoms. The molecule has 2 rings (SSSR count). The van der Waals surface area contributed by atoms with Gasteiger partial charge in [0.15, 0.2) is 0 Å². The van der Waals surface area contributed by atoms with Crippen molar-refractivity contribution in [3.05, 3.63) is 46.8 Å². The van der Waals surface area contributed by atoms with E-state index in [4.69, 9.17) is 5.11 Å². The molecule has 108 valence electrons. The van der Waals surface area contributed by atoms with Crippen molar-refractivity contribution in [2.45, 2.75) is 13.5 Å². The molecular weight excluding hydrogens is 274 g/mol. The lowest BCUT2D eigenvalue weighted by Gasteiger charge is -2.12. The van der Waals surface area contributed by atoms with Gasteiger partial charge >= 0.3 is 5.97 Å². The molecule has 0 aliphatic rings. The van der Waals surface area contributed by atoms with E-state index in [1.54, 1.807) is 30.3 Å². The van der Waals surface area contributed by atoms with Gasteiger partial charge in [0.05, 0.1) is 0 Å². The van der Waals surface area contributed by atoms with Gasteiger partial charge in [0.1, 0.15) is 18.2 Å². The molecule has 1 heterocycles. The zero-order valence-electron chi connectivity index (χ0n) is 11.2. The van der Waals surface area contributed by atoms with E-state index < -0.39 is 18.1 Å². The van der Waals surface area contributed by atoms with Crippen LogP contribution in [0.1, 0.15) is 6.92 Å². The molecule has 0 spiro atoms. The van der Waals surface area contributed by atoms with Gasteiger partial charge in [0.25, 0.3) is 5.56 Å². The third kappa shape index (κ3) is 3.53. The predicted molar refractivity (Wildman–Crippen MR) is 75.9 cm³/mol. The van der Waals surface area contributed by atoms with Crippen LogP contribution in [-0.4, -0.2) is 26.5 Å². The van der Waals surface area contributed by atoms with E-state index in [2.05, 4.69) is 10.3 Å². The Balaban J connectivity index is 2.62. The topological polar surface area (TPSA) is 101 Å². The number of carbonyl (C=O) groups is 2. The van der Waals surface area contributed by atoms with Gasteiger partial charge in [-0.15, -0.1) is 0 Å². The highest BCUT2D eigenvalue weighted by molar-refractivity contribution is 5.87. The van der Waals surface area contributed by atoms with Crippen molar-refractivity contribution in [3.8, 4) is 11.4 Å². The second-order valence-electron chi connectivity index (χ2n) is 4.33. The maximum atomic E-state index is 12.1. The number of carbonyl (C=O) groups excluding carboxylic acids is 1. The van der Waals surface area contributed by atoms with Crippen molar-refractivity contribution in [2.24, 2.45) is 0 Å². The van der Waals surface area contributed by atoms with E-state index >= 15 is 0 Å². The van der Waals surface area contributed by atoms with E-state index in [1.165, 1.54) is 6.92 Å². The zero-order chi connectivity index (χ0) is 15.4. The van der Waals surface area contributed by atoms with Crippen molar-refractivity contribution in [1.82, 2.24) is 9.55 Å². The van der Waals surface area contributed by atoms with Crippen LogP contribution in [0.4, 0.5) is 5.82 Å². The molecule has 0 unspecified atom stereocenters. The molecule has 1 amide bonds. The minimum absolute atomic E-state index is 0.0907.